The Labute approximate surface area is 148 Å². The lowest BCUT2D eigenvalue weighted by Gasteiger charge is -2.38. The Morgan fingerprint density at radius 1 is 1.16 bits per heavy atom. The smallest absolute Gasteiger partial charge is 0.221 e. The van der Waals surface area contributed by atoms with Gasteiger partial charge in [-0.25, -0.2) is 4.98 Å². The van der Waals surface area contributed by atoms with Gasteiger partial charge in [-0.1, -0.05) is 30.3 Å². The summed E-state index contributed by atoms with van der Waals surface area (Å²) < 4.78 is 5.71. The average Bonchev–Trinajstić information content (AvgIpc) is 3.01. The van der Waals surface area contributed by atoms with Crippen LogP contribution in [0.15, 0.2) is 42.6 Å². The van der Waals surface area contributed by atoms with Gasteiger partial charge in [0.15, 0.2) is 0 Å². The SMILES string of the molecule is CO[C@@H]1CN(c2ccnc(N)n2)C[C@@H]1NC1CC(c2ccccc2)C1. The molecular formula is C19H25N5O. The third kappa shape index (κ3) is 3.45. The van der Waals surface area contributed by atoms with E-state index in [1.54, 1.807) is 13.3 Å². The third-order valence-electron chi connectivity index (χ3n) is 5.41. The van der Waals surface area contributed by atoms with E-state index in [0.717, 1.165) is 18.9 Å². The minimum Gasteiger partial charge on any atom is -0.378 e. The van der Waals surface area contributed by atoms with Crippen molar-refractivity contribution in [3.63, 3.8) is 0 Å². The van der Waals surface area contributed by atoms with E-state index < -0.39 is 0 Å². The molecule has 0 bridgehead atoms. The maximum atomic E-state index is 5.71. The fraction of sp³-hybridized carbons (Fsp3) is 0.474. The predicted molar refractivity (Wildman–Crippen MR) is 98.6 cm³/mol. The minimum atomic E-state index is 0.159. The second kappa shape index (κ2) is 6.98. The maximum absolute atomic E-state index is 5.71. The molecule has 2 heterocycles. The molecular weight excluding hydrogens is 314 g/mol. The summed E-state index contributed by atoms with van der Waals surface area (Å²) in [5.41, 5.74) is 7.17. The van der Waals surface area contributed by atoms with Gasteiger partial charge in [0.25, 0.3) is 0 Å². The lowest BCUT2D eigenvalue weighted by Crippen LogP contribution is -2.50. The molecule has 1 saturated carbocycles. The van der Waals surface area contributed by atoms with Crippen LogP contribution in [0.2, 0.25) is 0 Å². The summed E-state index contributed by atoms with van der Waals surface area (Å²) in [5, 5.41) is 3.79. The van der Waals surface area contributed by atoms with Gasteiger partial charge in [0.05, 0.1) is 12.1 Å². The zero-order chi connectivity index (χ0) is 17.2. The highest BCUT2D eigenvalue weighted by Gasteiger charge is 2.38. The molecule has 0 radical (unpaired) electrons. The Kier molecular flexibility index (Phi) is 4.55. The Balaban J connectivity index is 1.35. The summed E-state index contributed by atoms with van der Waals surface area (Å²) in [6, 6.07) is 13.6. The van der Waals surface area contributed by atoms with Crippen molar-refractivity contribution in [2.45, 2.75) is 36.9 Å². The van der Waals surface area contributed by atoms with Crippen molar-refractivity contribution in [1.82, 2.24) is 15.3 Å². The molecule has 0 spiro atoms. The highest BCUT2D eigenvalue weighted by atomic mass is 16.5. The van der Waals surface area contributed by atoms with Crippen LogP contribution in [0.25, 0.3) is 0 Å². The third-order valence-corrected chi connectivity index (χ3v) is 5.41. The van der Waals surface area contributed by atoms with Crippen molar-refractivity contribution >= 4 is 11.8 Å². The second-order valence-corrected chi connectivity index (χ2v) is 7.00. The van der Waals surface area contributed by atoms with E-state index in [2.05, 4.69) is 50.5 Å². The molecule has 1 aliphatic carbocycles. The number of ether oxygens (including phenoxy) is 1. The summed E-state index contributed by atoms with van der Waals surface area (Å²) in [6.07, 6.45) is 4.25. The van der Waals surface area contributed by atoms with Crippen LogP contribution < -0.4 is 16.0 Å². The van der Waals surface area contributed by atoms with Gasteiger partial charge >= 0.3 is 0 Å². The van der Waals surface area contributed by atoms with Gasteiger partial charge in [0, 0.05) is 32.4 Å². The summed E-state index contributed by atoms with van der Waals surface area (Å²) in [5.74, 6) is 1.86. The molecule has 1 aromatic heterocycles. The highest BCUT2D eigenvalue weighted by molar-refractivity contribution is 5.43. The van der Waals surface area contributed by atoms with E-state index in [1.807, 2.05) is 6.07 Å². The Bertz CT molecular complexity index is 704. The summed E-state index contributed by atoms with van der Waals surface area (Å²) in [6.45, 7) is 1.70. The van der Waals surface area contributed by atoms with Crippen LogP contribution in [0.1, 0.15) is 24.3 Å². The first-order valence-corrected chi connectivity index (χ1v) is 8.90. The second-order valence-electron chi connectivity index (χ2n) is 7.00. The predicted octanol–water partition coefficient (Wildman–Crippen LogP) is 1.80. The molecule has 132 valence electrons. The molecule has 6 nitrogen and oxygen atoms in total. The lowest BCUT2D eigenvalue weighted by atomic mass is 9.75. The van der Waals surface area contributed by atoms with Crippen molar-refractivity contribution in [3.8, 4) is 0 Å². The Morgan fingerprint density at radius 2 is 1.96 bits per heavy atom. The number of nitrogens with two attached hydrogens (primary N) is 1. The number of hydrogen-bond acceptors (Lipinski definition) is 6. The first-order chi connectivity index (χ1) is 12.2. The largest absolute Gasteiger partial charge is 0.378 e. The lowest BCUT2D eigenvalue weighted by molar-refractivity contribution is 0.0861. The zero-order valence-corrected chi connectivity index (χ0v) is 14.5. The first-order valence-electron chi connectivity index (χ1n) is 8.90. The number of hydrogen-bond donors (Lipinski definition) is 2. The van der Waals surface area contributed by atoms with Gasteiger partial charge in [0.2, 0.25) is 5.95 Å². The maximum Gasteiger partial charge on any atom is 0.221 e. The number of benzene rings is 1. The number of methoxy groups -OCH3 is 1. The van der Waals surface area contributed by atoms with E-state index >= 15 is 0 Å². The molecule has 1 aliphatic heterocycles. The summed E-state index contributed by atoms with van der Waals surface area (Å²) in [4.78, 5) is 10.5. The number of anilines is 2. The molecule has 2 atom stereocenters. The molecule has 0 unspecified atom stereocenters. The number of aromatic nitrogens is 2. The normalized spacial score (nSPS) is 28.8. The molecule has 2 aromatic rings. The van der Waals surface area contributed by atoms with Crippen molar-refractivity contribution in [1.29, 1.82) is 0 Å². The molecule has 4 rings (SSSR count). The van der Waals surface area contributed by atoms with Crippen molar-refractivity contribution < 1.29 is 4.74 Å². The molecule has 1 aromatic carbocycles. The van der Waals surface area contributed by atoms with Crippen LogP contribution in [-0.4, -0.2) is 48.4 Å². The minimum absolute atomic E-state index is 0.159. The molecule has 2 fully saturated rings. The van der Waals surface area contributed by atoms with Crippen LogP contribution >= 0.6 is 0 Å². The van der Waals surface area contributed by atoms with E-state index in [-0.39, 0.29) is 6.10 Å². The summed E-state index contributed by atoms with van der Waals surface area (Å²) in [7, 11) is 1.78. The fourth-order valence-electron chi connectivity index (χ4n) is 3.95. The quantitative estimate of drug-likeness (QED) is 0.865. The van der Waals surface area contributed by atoms with Gasteiger partial charge in [-0.2, -0.15) is 4.98 Å². The van der Waals surface area contributed by atoms with Crippen LogP contribution in [0, 0.1) is 0 Å². The van der Waals surface area contributed by atoms with Crippen LogP contribution in [0.3, 0.4) is 0 Å². The standard InChI is InChI=1S/C19H25N5O/c1-25-17-12-24(18-7-8-21-19(20)23-18)11-16(17)22-15-9-14(10-15)13-5-3-2-4-6-13/h2-8,14-17,22H,9-12H2,1H3,(H2,20,21,23)/t14?,15?,16-,17+/m0/s1. The number of nitrogen functional groups attached to an aromatic ring is 1. The van der Waals surface area contributed by atoms with E-state index in [1.165, 1.54) is 18.4 Å². The molecule has 3 N–H and O–H groups in total. The van der Waals surface area contributed by atoms with Crippen molar-refractivity contribution in [2.75, 3.05) is 30.8 Å². The summed E-state index contributed by atoms with van der Waals surface area (Å²) >= 11 is 0. The van der Waals surface area contributed by atoms with Gasteiger partial charge in [-0.05, 0) is 30.4 Å². The van der Waals surface area contributed by atoms with Gasteiger partial charge < -0.3 is 20.7 Å². The van der Waals surface area contributed by atoms with Crippen LogP contribution in [-0.2, 0) is 4.74 Å². The Hall–Kier alpha value is -2.18. The molecule has 6 heteroatoms. The van der Waals surface area contributed by atoms with E-state index in [4.69, 9.17) is 10.5 Å². The highest BCUT2D eigenvalue weighted by Crippen LogP contribution is 2.37. The van der Waals surface area contributed by atoms with Crippen molar-refractivity contribution in [2.24, 2.45) is 0 Å². The van der Waals surface area contributed by atoms with Crippen LogP contribution in [0.4, 0.5) is 11.8 Å². The Morgan fingerprint density at radius 3 is 2.68 bits per heavy atom. The van der Waals surface area contributed by atoms with Gasteiger partial charge in [-0.3, -0.25) is 0 Å². The molecule has 2 aliphatic rings. The molecule has 0 amide bonds. The average molecular weight is 339 g/mol. The van der Waals surface area contributed by atoms with Gasteiger partial charge in [-0.15, -0.1) is 0 Å². The molecule has 25 heavy (non-hydrogen) atoms. The van der Waals surface area contributed by atoms with E-state index in [0.29, 0.717) is 23.9 Å². The van der Waals surface area contributed by atoms with Crippen LogP contribution in [0.5, 0.6) is 0 Å². The van der Waals surface area contributed by atoms with E-state index in [9.17, 15) is 0 Å². The van der Waals surface area contributed by atoms with Gasteiger partial charge in [0.1, 0.15) is 5.82 Å². The number of nitrogens with zero attached hydrogens (tertiary/aromatic N) is 3. The zero-order valence-electron chi connectivity index (χ0n) is 14.5. The number of nitrogens with one attached hydrogen (secondary N) is 1. The molecule has 1 saturated heterocycles. The number of rotatable bonds is 5. The first kappa shape index (κ1) is 16.3. The fourth-order valence-corrected chi connectivity index (χ4v) is 3.95. The monoisotopic (exact) mass is 339 g/mol. The van der Waals surface area contributed by atoms with Crippen molar-refractivity contribution in [3.05, 3.63) is 48.2 Å². The topological polar surface area (TPSA) is 76.3 Å².